The number of halogens is 2. The Kier molecular flexibility index (Phi) is 3.83. The van der Waals surface area contributed by atoms with E-state index in [2.05, 4.69) is 4.74 Å². The lowest BCUT2D eigenvalue weighted by Crippen LogP contribution is -2.37. The number of methoxy groups -OCH3 is 1. The van der Waals surface area contributed by atoms with Crippen molar-refractivity contribution in [1.82, 2.24) is 0 Å². The summed E-state index contributed by atoms with van der Waals surface area (Å²) in [5.74, 6) is -3.93. The van der Waals surface area contributed by atoms with Crippen LogP contribution < -0.4 is 0 Å². The normalized spacial score (nSPS) is 16.1. The Morgan fingerprint density at radius 3 is 2.59 bits per heavy atom. The van der Waals surface area contributed by atoms with Crippen LogP contribution >= 0.6 is 0 Å². The maximum Gasteiger partial charge on any atom is 0.311 e. The summed E-state index contributed by atoms with van der Waals surface area (Å²) in [7, 11) is 1.16. The van der Waals surface area contributed by atoms with Crippen molar-refractivity contribution in [2.45, 2.75) is 19.4 Å². The molecule has 1 rings (SSSR count). The van der Waals surface area contributed by atoms with Gasteiger partial charge in [-0.2, -0.15) is 0 Å². The summed E-state index contributed by atoms with van der Waals surface area (Å²) in [6.45, 7) is 2.63. The first kappa shape index (κ1) is 13.6. The number of hydrogen-bond acceptors (Lipinski definition) is 3. The van der Waals surface area contributed by atoms with Crippen LogP contribution in [-0.2, 0) is 15.1 Å². The molecule has 0 aromatic heterocycles. The molecule has 1 N–H and O–H groups in total. The van der Waals surface area contributed by atoms with Crippen LogP contribution in [0, 0.1) is 17.6 Å². The minimum Gasteiger partial charge on any atom is -0.469 e. The lowest BCUT2D eigenvalue weighted by atomic mass is 9.83. The smallest absolute Gasteiger partial charge is 0.311 e. The van der Waals surface area contributed by atoms with Crippen molar-refractivity contribution < 1.29 is 23.4 Å². The summed E-state index contributed by atoms with van der Waals surface area (Å²) >= 11 is 0. The number of ether oxygens (including phenoxy) is 1. The van der Waals surface area contributed by atoms with Gasteiger partial charge in [0.05, 0.1) is 13.0 Å². The molecule has 0 aliphatic carbocycles. The molecule has 1 aromatic rings. The van der Waals surface area contributed by atoms with E-state index in [1.165, 1.54) is 26.0 Å². The second kappa shape index (κ2) is 4.79. The third-order valence-corrected chi connectivity index (χ3v) is 2.89. The average molecular weight is 244 g/mol. The SMILES string of the molecule is COC(=O)C(C)C(C)(O)c1cccc(F)c1F. The Labute approximate surface area is 98.0 Å². The topological polar surface area (TPSA) is 46.5 Å². The second-order valence-electron chi connectivity index (χ2n) is 3.99. The Hall–Kier alpha value is -1.49. The van der Waals surface area contributed by atoms with E-state index in [0.29, 0.717) is 0 Å². The molecule has 3 nitrogen and oxygen atoms in total. The third-order valence-electron chi connectivity index (χ3n) is 2.89. The van der Waals surface area contributed by atoms with Gasteiger partial charge in [-0.15, -0.1) is 0 Å². The number of rotatable bonds is 3. The van der Waals surface area contributed by atoms with Crippen LogP contribution in [0.25, 0.3) is 0 Å². The second-order valence-corrected chi connectivity index (χ2v) is 3.99. The lowest BCUT2D eigenvalue weighted by molar-refractivity contribution is -0.154. The molecule has 0 spiro atoms. The Morgan fingerprint density at radius 2 is 2.06 bits per heavy atom. The Bertz CT molecular complexity index is 430. The van der Waals surface area contributed by atoms with E-state index in [1.807, 2.05) is 0 Å². The monoisotopic (exact) mass is 244 g/mol. The number of carbonyl (C=O) groups is 1. The molecule has 2 unspecified atom stereocenters. The number of aliphatic hydroxyl groups is 1. The number of benzene rings is 1. The fraction of sp³-hybridized carbons (Fsp3) is 0.417. The first-order valence-corrected chi connectivity index (χ1v) is 5.07. The van der Waals surface area contributed by atoms with Crippen LogP contribution in [0.1, 0.15) is 19.4 Å². The average Bonchev–Trinajstić information content (AvgIpc) is 2.30. The van der Waals surface area contributed by atoms with E-state index in [4.69, 9.17) is 0 Å². The molecule has 2 atom stereocenters. The highest BCUT2D eigenvalue weighted by Crippen LogP contribution is 2.32. The molecule has 0 amide bonds. The predicted molar refractivity (Wildman–Crippen MR) is 57.1 cm³/mol. The number of carbonyl (C=O) groups excluding carboxylic acids is 1. The molecule has 0 saturated carbocycles. The minimum atomic E-state index is -1.83. The molecular formula is C12H14F2O3. The summed E-state index contributed by atoms with van der Waals surface area (Å²) in [6.07, 6.45) is 0. The summed E-state index contributed by atoms with van der Waals surface area (Å²) in [4.78, 5) is 11.3. The third kappa shape index (κ3) is 2.44. The van der Waals surface area contributed by atoms with Crippen LogP contribution in [0.3, 0.4) is 0 Å². The van der Waals surface area contributed by atoms with Crippen molar-refractivity contribution in [3.8, 4) is 0 Å². The summed E-state index contributed by atoms with van der Waals surface area (Å²) in [6, 6.07) is 3.45. The first-order valence-electron chi connectivity index (χ1n) is 5.07. The van der Waals surface area contributed by atoms with Crippen LogP contribution in [0.4, 0.5) is 8.78 Å². The van der Waals surface area contributed by atoms with Gasteiger partial charge >= 0.3 is 5.97 Å². The van der Waals surface area contributed by atoms with Crippen molar-refractivity contribution in [2.24, 2.45) is 5.92 Å². The van der Waals surface area contributed by atoms with Crippen LogP contribution in [-0.4, -0.2) is 18.2 Å². The standard InChI is InChI=1S/C12H14F2O3/c1-7(11(15)17-3)12(2,16)8-5-4-6-9(13)10(8)14/h4-7,16H,1-3H3. The molecular weight excluding hydrogens is 230 g/mol. The molecule has 0 aliphatic heterocycles. The Balaban J connectivity index is 3.21. The van der Waals surface area contributed by atoms with E-state index in [0.717, 1.165) is 13.2 Å². The van der Waals surface area contributed by atoms with Gasteiger partial charge < -0.3 is 9.84 Å². The molecule has 0 saturated heterocycles. The van der Waals surface area contributed by atoms with Crippen molar-refractivity contribution in [2.75, 3.05) is 7.11 Å². The zero-order valence-corrected chi connectivity index (χ0v) is 9.83. The van der Waals surface area contributed by atoms with E-state index >= 15 is 0 Å². The van der Waals surface area contributed by atoms with Crippen LogP contribution in [0.2, 0.25) is 0 Å². The van der Waals surface area contributed by atoms with Crippen molar-refractivity contribution in [3.05, 3.63) is 35.4 Å². The molecule has 0 bridgehead atoms. The zero-order chi connectivity index (χ0) is 13.2. The molecule has 1 aromatic carbocycles. The highest BCUT2D eigenvalue weighted by molar-refractivity contribution is 5.73. The largest absolute Gasteiger partial charge is 0.469 e. The van der Waals surface area contributed by atoms with Gasteiger partial charge in [0.1, 0.15) is 5.60 Å². The van der Waals surface area contributed by atoms with Gasteiger partial charge in [-0.25, -0.2) is 8.78 Å². The first-order chi connectivity index (χ1) is 7.82. The summed E-state index contributed by atoms with van der Waals surface area (Å²) in [5.41, 5.74) is -2.10. The summed E-state index contributed by atoms with van der Waals surface area (Å²) < 4.78 is 31.1. The fourth-order valence-corrected chi connectivity index (χ4v) is 1.53. The van der Waals surface area contributed by atoms with Crippen molar-refractivity contribution in [3.63, 3.8) is 0 Å². The quantitative estimate of drug-likeness (QED) is 0.827. The number of esters is 1. The molecule has 0 aliphatic rings. The molecule has 0 heterocycles. The predicted octanol–water partition coefficient (Wildman–Crippen LogP) is 1.98. The van der Waals surface area contributed by atoms with Crippen molar-refractivity contribution in [1.29, 1.82) is 0 Å². The van der Waals surface area contributed by atoms with Gasteiger partial charge in [-0.05, 0) is 19.9 Å². The molecule has 17 heavy (non-hydrogen) atoms. The van der Waals surface area contributed by atoms with Crippen LogP contribution in [0.15, 0.2) is 18.2 Å². The molecule has 94 valence electrons. The zero-order valence-electron chi connectivity index (χ0n) is 9.83. The molecule has 0 radical (unpaired) electrons. The minimum absolute atomic E-state index is 0.268. The Morgan fingerprint density at radius 1 is 1.47 bits per heavy atom. The maximum atomic E-state index is 13.5. The van der Waals surface area contributed by atoms with Gasteiger partial charge in [0.15, 0.2) is 11.6 Å². The van der Waals surface area contributed by atoms with Gasteiger partial charge in [0, 0.05) is 5.56 Å². The van der Waals surface area contributed by atoms with Gasteiger partial charge in [-0.3, -0.25) is 4.79 Å². The molecule has 0 fully saturated rings. The van der Waals surface area contributed by atoms with E-state index in [9.17, 15) is 18.7 Å². The highest BCUT2D eigenvalue weighted by Gasteiger charge is 2.38. The van der Waals surface area contributed by atoms with E-state index in [-0.39, 0.29) is 5.56 Å². The summed E-state index contributed by atoms with van der Waals surface area (Å²) in [5, 5.41) is 10.2. The highest BCUT2D eigenvalue weighted by atomic mass is 19.2. The lowest BCUT2D eigenvalue weighted by Gasteiger charge is -2.29. The van der Waals surface area contributed by atoms with Gasteiger partial charge in [0.2, 0.25) is 0 Å². The van der Waals surface area contributed by atoms with E-state index in [1.54, 1.807) is 0 Å². The van der Waals surface area contributed by atoms with Gasteiger partial charge in [0.25, 0.3) is 0 Å². The fourth-order valence-electron chi connectivity index (χ4n) is 1.53. The maximum absolute atomic E-state index is 13.5. The van der Waals surface area contributed by atoms with Crippen LogP contribution in [0.5, 0.6) is 0 Å². The van der Waals surface area contributed by atoms with Gasteiger partial charge in [-0.1, -0.05) is 12.1 Å². The number of hydrogen-bond donors (Lipinski definition) is 1. The van der Waals surface area contributed by atoms with E-state index < -0.39 is 29.1 Å². The molecule has 5 heteroatoms. The van der Waals surface area contributed by atoms with Crippen molar-refractivity contribution >= 4 is 5.97 Å².